The van der Waals surface area contributed by atoms with Crippen LogP contribution < -0.4 is 11.0 Å². The second-order valence-electron chi connectivity index (χ2n) is 8.08. The Bertz CT molecular complexity index is 1200. The van der Waals surface area contributed by atoms with Gasteiger partial charge in [0.15, 0.2) is 0 Å². The fourth-order valence-corrected chi connectivity index (χ4v) is 4.21. The molecule has 2 aromatic carbocycles. The van der Waals surface area contributed by atoms with Crippen molar-refractivity contribution in [3.05, 3.63) is 70.7 Å². The summed E-state index contributed by atoms with van der Waals surface area (Å²) in [4.78, 5) is 41.4. The van der Waals surface area contributed by atoms with E-state index in [1.807, 2.05) is 41.0 Å². The van der Waals surface area contributed by atoms with Crippen molar-refractivity contribution in [2.45, 2.75) is 25.8 Å². The van der Waals surface area contributed by atoms with Crippen molar-refractivity contribution in [1.82, 2.24) is 14.5 Å². The summed E-state index contributed by atoms with van der Waals surface area (Å²) < 4.78 is 6.71. The molecule has 2 N–H and O–H groups in total. The lowest BCUT2D eigenvalue weighted by Gasteiger charge is -2.32. The van der Waals surface area contributed by atoms with Crippen LogP contribution in [0.3, 0.4) is 0 Å². The summed E-state index contributed by atoms with van der Waals surface area (Å²) in [7, 11) is 0. The molecule has 0 spiro atoms. The Labute approximate surface area is 191 Å². The Balaban J connectivity index is 1.27. The predicted octanol–water partition coefficient (Wildman–Crippen LogP) is 3.18. The lowest BCUT2D eigenvalue weighted by Crippen LogP contribution is -2.40. The number of hydrogen-bond donors (Lipinski definition) is 2. The van der Waals surface area contributed by atoms with Crippen molar-refractivity contribution in [2.24, 2.45) is 0 Å². The molecule has 1 fully saturated rings. The quantitative estimate of drug-likeness (QED) is 0.428. The normalized spacial score (nSPS) is 15.2. The van der Waals surface area contributed by atoms with E-state index in [0.29, 0.717) is 18.8 Å². The van der Waals surface area contributed by atoms with E-state index in [4.69, 9.17) is 4.74 Å². The predicted molar refractivity (Wildman–Crippen MR) is 128 cm³/mol. The summed E-state index contributed by atoms with van der Waals surface area (Å²) in [5, 5.41) is 2.92. The van der Waals surface area contributed by atoms with Crippen LogP contribution in [0.15, 0.2) is 59.4 Å². The van der Waals surface area contributed by atoms with Crippen molar-refractivity contribution in [1.29, 1.82) is 0 Å². The van der Waals surface area contributed by atoms with Crippen molar-refractivity contribution in [3.63, 3.8) is 0 Å². The maximum Gasteiger partial charge on any atom is 0.330 e. The monoisotopic (exact) mass is 448 g/mol. The molecular formula is C25H28N4O4. The molecule has 0 saturated carbocycles. The maximum absolute atomic E-state index is 12.5. The summed E-state index contributed by atoms with van der Waals surface area (Å²) in [5.74, 6) is -0.458. The van der Waals surface area contributed by atoms with Crippen molar-refractivity contribution in [2.75, 3.05) is 31.6 Å². The molecule has 0 bridgehead atoms. The number of nitrogens with zero attached hydrogens (tertiary/aromatic N) is 2. The standard InChI is InChI=1S/C25H28N4O4/c1-2-33-24(31)12-9-18-7-10-19(11-8-18)26-23(30)17-28-15-13-20(14-16-28)29-22-6-4-3-5-21(22)27-25(29)32/h3-12,20H,2,13-17H2,1H3,(H,26,30)(H,27,32)/b12-9+. The number of aromatic nitrogens is 2. The van der Waals surface area contributed by atoms with Crippen LogP contribution >= 0.6 is 0 Å². The fourth-order valence-electron chi connectivity index (χ4n) is 4.21. The first kappa shape index (κ1) is 22.5. The van der Waals surface area contributed by atoms with Crippen LogP contribution in [0.25, 0.3) is 17.1 Å². The van der Waals surface area contributed by atoms with Crippen LogP contribution in [0, 0.1) is 0 Å². The Hall–Kier alpha value is -3.65. The average Bonchev–Trinajstić information content (AvgIpc) is 3.15. The number of H-pyrrole nitrogens is 1. The molecule has 1 aromatic heterocycles. The Morgan fingerprint density at radius 1 is 1.12 bits per heavy atom. The molecule has 0 aliphatic carbocycles. The molecule has 1 saturated heterocycles. The first-order chi connectivity index (χ1) is 16.0. The lowest BCUT2D eigenvalue weighted by atomic mass is 10.0. The van der Waals surface area contributed by atoms with Crippen LogP contribution in [-0.4, -0.2) is 52.6 Å². The van der Waals surface area contributed by atoms with Gasteiger partial charge in [0.1, 0.15) is 0 Å². The van der Waals surface area contributed by atoms with Gasteiger partial charge in [0.2, 0.25) is 5.91 Å². The fraction of sp³-hybridized carbons (Fsp3) is 0.320. The number of para-hydroxylation sites is 2. The molecule has 0 unspecified atom stereocenters. The number of fused-ring (bicyclic) bond motifs is 1. The summed E-state index contributed by atoms with van der Waals surface area (Å²) in [6.07, 6.45) is 4.69. The number of esters is 1. The molecule has 1 aliphatic rings. The second kappa shape index (κ2) is 10.3. The smallest absolute Gasteiger partial charge is 0.330 e. The summed E-state index contributed by atoms with van der Waals surface area (Å²) in [6.45, 7) is 3.91. The van der Waals surface area contributed by atoms with Crippen LogP contribution in [-0.2, 0) is 14.3 Å². The third-order valence-corrected chi connectivity index (χ3v) is 5.81. The minimum absolute atomic E-state index is 0.0760. The molecule has 0 atom stereocenters. The first-order valence-corrected chi connectivity index (χ1v) is 11.2. The topological polar surface area (TPSA) is 96.4 Å². The number of aromatic amines is 1. The number of amides is 1. The maximum atomic E-state index is 12.5. The van der Waals surface area contributed by atoms with Crippen molar-refractivity contribution in [3.8, 4) is 0 Å². The van der Waals surface area contributed by atoms with Crippen LogP contribution in [0.2, 0.25) is 0 Å². The van der Waals surface area contributed by atoms with Gasteiger partial charge in [0, 0.05) is 30.9 Å². The van der Waals surface area contributed by atoms with Gasteiger partial charge < -0.3 is 15.0 Å². The zero-order valence-corrected chi connectivity index (χ0v) is 18.6. The Morgan fingerprint density at radius 3 is 2.58 bits per heavy atom. The van der Waals surface area contributed by atoms with E-state index < -0.39 is 0 Å². The number of benzene rings is 2. The molecule has 8 heteroatoms. The number of carbonyl (C=O) groups excluding carboxylic acids is 2. The van der Waals surface area contributed by atoms with E-state index >= 15 is 0 Å². The van der Waals surface area contributed by atoms with E-state index in [0.717, 1.165) is 42.5 Å². The molecule has 1 aliphatic heterocycles. The molecule has 3 aromatic rings. The number of anilines is 1. The first-order valence-electron chi connectivity index (χ1n) is 11.2. The summed E-state index contributed by atoms with van der Waals surface area (Å²) in [6, 6.07) is 15.1. The van der Waals surface area contributed by atoms with Gasteiger partial charge in [-0.2, -0.15) is 0 Å². The number of carbonyl (C=O) groups is 2. The number of piperidine rings is 1. The SMILES string of the molecule is CCOC(=O)/C=C/c1ccc(NC(=O)CN2CCC(n3c(=O)[nH]c4ccccc43)CC2)cc1. The largest absolute Gasteiger partial charge is 0.463 e. The molecule has 0 radical (unpaired) electrons. The van der Waals surface area contributed by atoms with Gasteiger partial charge >= 0.3 is 11.7 Å². The number of imidazole rings is 1. The van der Waals surface area contributed by atoms with Gasteiger partial charge in [-0.05, 0) is 55.7 Å². The average molecular weight is 449 g/mol. The highest BCUT2D eigenvalue weighted by atomic mass is 16.5. The van der Waals surface area contributed by atoms with E-state index in [1.165, 1.54) is 6.08 Å². The van der Waals surface area contributed by atoms with Gasteiger partial charge in [-0.15, -0.1) is 0 Å². The molecule has 1 amide bonds. The van der Waals surface area contributed by atoms with E-state index in [1.54, 1.807) is 25.1 Å². The van der Waals surface area contributed by atoms with Gasteiger partial charge in [-0.25, -0.2) is 9.59 Å². The minimum Gasteiger partial charge on any atom is -0.463 e. The van der Waals surface area contributed by atoms with E-state index in [2.05, 4.69) is 15.2 Å². The number of hydrogen-bond acceptors (Lipinski definition) is 5. The number of rotatable bonds is 7. The zero-order valence-electron chi connectivity index (χ0n) is 18.6. The minimum atomic E-state index is -0.381. The Morgan fingerprint density at radius 2 is 1.85 bits per heavy atom. The molecular weight excluding hydrogens is 420 g/mol. The van der Waals surface area contributed by atoms with Crippen molar-refractivity contribution >= 4 is 34.7 Å². The highest BCUT2D eigenvalue weighted by Gasteiger charge is 2.24. The van der Waals surface area contributed by atoms with Gasteiger partial charge in [0.05, 0.1) is 24.2 Å². The number of ether oxygens (including phenoxy) is 1. The van der Waals surface area contributed by atoms with Crippen LogP contribution in [0.4, 0.5) is 5.69 Å². The van der Waals surface area contributed by atoms with Crippen LogP contribution in [0.1, 0.15) is 31.4 Å². The van der Waals surface area contributed by atoms with E-state index in [9.17, 15) is 14.4 Å². The highest BCUT2D eigenvalue weighted by molar-refractivity contribution is 5.92. The van der Waals surface area contributed by atoms with Crippen molar-refractivity contribution < 1.29 is 14.3 Å². The molecule has 172 valence electrons. The number of nitrogens with one attached hydrogen (secondary N) is 2. The number of likely N-dealkylation sites (tertiary alicyclic amines) is 1. The van der Waals surface area contributed by atoms with Crippen LogP contribution in [0.5, 0.6) is 0 Å². The lowest BCUT2D eigenvalue weighted by molar-refractivity contribution is -0.137. The van der Waals surface area contributed by atoms with Gasteiger partial charge in [-0.3, -0.25) is 14.3 Å². The van der Waals surface area contributed by atoms with Gasteiger partial charge in [0.25, 0.3) is 0 Å². The third kappa shape index (κ3) is 5.59. The molecule has 2 heterocycles. The second-order valence-corrected chi connectivity index (χ2v) is 8.08. The molecule has 4 rings (SSSR count). The zero-order chi connectivity index (χ0) is 23.2. The van der Waals surface area contributed by atoms with E-state index in [-0.39, 0.29) is 23.6 Å². The summed E-state index contributed by atoms with van der Waals surface area (Å²) in [5.41, 5.74) is 3.25. The third-order valence-electron chi connectivity index (χ3n) is 5.81. The summed E-state index contributed by atoms with van der Waals surface area (Å²) >= 11 is 0. The van der Waals surface area contributed by atoms with Gasteiger partial charge in [-0.1, -0.05) is 24.3 Å². The molecule has 33 heavy (non-hydrogen) atoms. The Kier molecular flexibility index (Phi) is 7.04. The highest BCUT2D eigenvalue weighted by Crippen LogP contribution is 2.24. The molecule has 8 nitrogen and oxygen atoms in total.